The molecule has 0 aliphatic carbocycles. The molecule has 0 radical (unpaired) electrons. The van der Waals surface area contributed by atoms with Crippen molar-refractivity contribution in [2.45, 2.75) is 6.92 Å². The van der Waals surface area contributed by atoms with Gasteiger partial charge in [0.15, 0.2) is 5.15 Å². The number of aryl methyl sites for hydroxylation is 1. The van der Waals surface area contributed by atoms with Crippen molar-refractivity contribution < 1.29 is 4.39 Å². The van der Waals surface area contributed by atoms with E-state index >= 15 is 0 Å². The van der Waals surface area contributed by atoms with Crippen molar-refractivity contribution in [3.05, 3.63) is 52.3 Å². The minimum absolute atomic E-state index is 0.268. The molecule has 1 aromatic carbocycles. The van der Waals surface area contributed by atoms with E-state index in [1.54, 1.807) is 22.9 Å². The minimum atomic E-state index is -0.420. The number of fused-ring (bicyclic) bond motifs is 1. The second-order valence-electron chi connectivity index (χ2n) is 4.11. The predicted octanol–water partition coefficient (Wildman–Crippen LogP) is 4.15. The van der Waals surface area contributed by atoms with Gasteiger partial charge in [-0.3, -0.25) is 4.40 Å². The van der Waals surface area contributed by atoms with Crippen LogP contribution >= 0.6 is 23.2 Å². The van der Waals surface area contributed by atoms with Crippen molar-refractivity contribution in [2.24, 2.45) is 0 Å². The molecule has 0 aliphatic rings. The molecule has 19 heavy (non-hydrogen) atoms. The van der Waals surface area contributed by atoms with Crippen molar-refractivity contribution in [1.82, 2.24) is 14.4 Å². The number of hydrogen-bond acceptors (Lipinski definition) is 2. The van der Waals surface area contributed by atoms with Gasteiger partial charge in [-0.15, -0.1) is 0 Å². The third-order valence-electron chi connectivity index (χ3n) is 2.92. The topological polar surface area (TPSA) is 30.2 Å². The highest BCUT2D eigenvalue weighted by Gasteiger charge is 2.17. The van der Waals surface area contributed by atoms with Crippen LogP contribution in [0.15, 0.2) is 30.7 Å². The van der Waals surface area contributed by atoms with Gasteiger partial charge in [-0.25, -0.2) is 14.4 Å². The molecule has 0 bridgehead atoms. The Labute approximate surface area is 118 Å². The molecule has 0 spiro atoms. The first-order chi connectivity index (χ1) is 9.09. The van der Waals surface area contributed by atoms with Crippen molar-refractivity contribution >= 4 is 28.7 Å². The summed E-state index contributed by atoms with van der Waals surface area (Å²) in [5, 5.41) is 0.658. The van der Waals surface area contributed by atoms with Gasteiger partial charge in [-0.1, -0.05) is 29.3 Å². The minimum Gasteiger partial charge on any atom is -0.295 e. The third kappa shape index (κ3) is 1.88. The molecular weight excluding hydrogens is 288 g/mol. The Hall–Kier alpha value is -1.65. The van der Waals surface area contributed by atoms with Crippen LogP contribution in [0, 0.1) is 12.7 Å². The van der Waals surface area contributed by atoms with Gasteiger partial charge in [0.1, 0.15) is 17.2 Å². The third-order valence-corrected chi connectivity index (χ3v) is 3.70. The lowest BCUT2D eigenvalue weighted by Crippen LogP contribution is -1.95. The number of benzene rings is 1. The average molecular weight is 296 g/mol. The van der Waals surface area contributed by atoms with Crippen LogP contribution in [0.4, 0.5) is 4.39 Å². The van der Waals surface area contributed by atoms with Gasteiger partial charge in [0.05, 0.1) is 16.8 Å². The average Bonchev–Trinajstić information content (AvgIpc) is 2.80. The van der Waals surface area contributed by atoms with Crippen LogP contribution in [0.3, 0.4) is 0 Å². The van der Waals surface area contributed by atoms with E-state index < -0.39 is 5.82 Å². The maximum atomic E-state index is 14.0. The normalized spacial score (nSPS) is 11.2. The Morgan fingerprint density at radius 3 is 2.79 bits per heavy atom. The summed E-state index contributed by atoms with van der Waals surface area (Å²) in [5.41, 5.74) is 1.66. The van der Waals surface area contributed by atoms with Gasteiger partial charge in [0.2, 0.25) is 0 Å². The van der Waals surface area contributed by atoms with E-state index in [0.717, 1.165) is 5.56 Å². The first-order valence-corrected chi connectivity index (χ1v) is 6.27. The fourth-order valence-electron chi connectivity index (χ4n) is 1.94. The maximum Gasteiger partial charge on any atom is 0.154 e. The van der Waals surface area contributed by atoms with E-state index in [-0.39, 0.29) is 5.56 Å². The molecule has 0 unspecified atom stereocenters. The first-order valence-electron chi connectivity index (χ1n) is 5.52. The zero-order valence-electron chi connectivity index (χ0n) is 9.86. The summed E-state index contributed by atoms with van der Waals surface area (Å²) < 4.78 is 15.7. The van der Waals surface area contributed by atoms with Crippen molar-refractivity contribution in [2.75, 3.05) is 0 Å². The van der Waals surface area contributed by atoms with E-state index in [2.05, 4.69) is 9.97 Å². The summed E-state index contributed by atoms with van der Waals surface area (Å²) >= 11 is 12.2. The van der Waals surface area contributed by atoms with Gasteiger partial charge in [-0.2, -0.15) is 0 Å². The molecule has 0 saturated carbocycles. The van der Waals surface area contributed by atoms with Gasteiger partial charge < -0.3 is 0 Å². The highest BCUT2D eigenvalue weighted by molar-refractivity contribution is 6.34. The Kier molecular flexibility index (Phi) is 2.92. The molecule has 0 fully saturated rings. The molecule has 2 heterocycles. The molecule has 0 aliphatic heterocycles. The number of imidazole rings is 1. The van der Waals surface area contributed by atoms with Crippen molar-refractivity contribution in [1.29, 1.82) is 0 Å². The molecule has 0 amide bonds. The summed E-state index contributed by atoms with van der Waals surface area (Å²) in [5.74, 6) is -0.0125. The molecule has 3 aromatic rings. The molecule has 96 valence electrons. The Bertz CT molecular complexity index is 783. The lowest BCUT2D eigenvalue weighted by Gasteiger charge is -2.07. The summed E-state index contributed by atoms with van der Waals surface area (Å²) in [6.45, 7) is 1.82. The van der Waals surface area contributed by atoms with E-state index in [4.69, 9.17) is 23.2 Å². The van der Waals surface area contributed by atoms with Crippen LogP contribution in [0.2, 0.25) is 10.2 Å². The van der Waals surface area contributed by atoms with Crippen molar-refractivity contribution in [3.63, 3.8) is 0 Å². The number of rotatable bonds is 1. The summed E-state index contributed by atoms with van der Waals surface area (Å²) in [7, 11) is 0. The molecular formula is C13H8Cl2FN3. The summed E-state index contributed by atoms with van der Waals surface area (Å²) in [6, 6.07) is 3.01. The Morgan fingerprint density at radius 1 is 1.21 bits per heavy atom. The highest BCUT2D eigenvalue weighted by atomic mass is 35.5. The second kappa shape index (κ2) is 4.47. The number of halogens is 3. The van der Waals surface area contributed by atoms with Crippen LogP contribution in [-0.2, 0) is 0 Å². The fraction of sp³-hybridized carbons (Fsp3) is 0.0769. The van der Waals surface area contributed by atoms with Gasteiger partial charge in [0.25, 0.3) is 0 Å². The van der Waals surface area contributed by atoms with Crippen LogP contribution in [0.5, 0.6) is 0 Å². The molecule has 0 atom stereocenters. The fourth-order valence-corrected chi connectivity index (χ4v) is 2.38. The first kappa shape index (κ1) is 12.4. The highest BCUT2D eigenvalue weighted by Crippen LogP contribution is 2.33. The summed E-state index contributed by atoms with van der Waals surface area (Å²) in [4.78, 5) is 8.16. The Morgan fingerprint density at radius 2 is 2.00 bits per heavy atom. The molecule has 6 heteroatoms. The van der Waals surface area contributed by atoms with E-state index in [0.29, 0.717) is 21.5 Å². The van der Waals surface area contributed by atoms with Gasteiger partial charge >= 0.3 is 0 Å². The van der Waals surface area contributed by atoms with E-state index in [9.17, 15) is 4.39 Å². The standard InChI is InChI=1S/C13H8Cl2FN3/c1-7-2-3-8(16)10(11(7)14)13-18-6-9-12(15)17-4-5-19(9)13/h2-6H,1H3. The molecule has 3 nitrogen and oxygen atoms in total. The number of hydrogen-bond donors (Lipinski definition) is 0. The molecule has 0 saturated heterocycles. The number of aromatic nitrogens is 3. The maximum absolute atomic E-state index is 14.0. The smallest absolute Gasteiger partial charge is 0.154 e. The van der Waals surface area contributed by atoms with Crippen LogP contribution in [-0.4, -0.2) is 14.4 Å². The van der Waals surface area contributed by atoms with Gasteiger partial charge in [-0.05, 0) is 18.6 Å². The van der Waals surface area contributed by atoms with Crippen LogP contribution in [0.25, 0.3) is 16.9 Å². The lowest BCUT2D eigenvalue weighted by atomic mass is 10.1. The van der Waals surface area contributed by atoms with Crippen LogP contribution in [0.1, 0.15) is 5.56 Å². The molecule has 0 N–H and O–H groups in total. The largest absolute Gasteiger partial charge is 0.295 e. The summed E-state index contributed by atoms with van der Waals surface area (Å²) in [6.07, 6.45) is 4.74. The van der Waals surface area contributed by atoms with Gasteiger partial charge in [0, 0.05) is 12.4 Å². The SMILES string of the molecule is Cc1ccc(F)c(-c2ncc3c(Cl)nccn23)c1Cl. The quantitative estimate of drug-likeness (QED) is 0.675. The lowest BCUT2D eigenvalue weighted by molar-refractivity contribution is 0.629. The molecule has 3 rings (SSSR count). The van der Waals surface area contributed by atoms with E-state index in [1.807, 2.05) is 6.92 Å². The monoisotopic (exact) mass is 295 g/mol. The van der Waals surface area contributed by atoms with E-state index in [1.165, 1.54) is 12.3 Å². The van der Waals surface area contributed by atoms with Crippen LogP contribution < -0.4 is 0 Å². The predicted molar refractivity (Wildman–Crippen MR) is 73.1 cm³/mol. The zero-order valence-corrected chi connectivity index (χ0v) is 11.4. The Balaban J connectivity index is 2.38. The second-order valence-corrected chi connectivity index (χ2v) is 4.84. The molecule has 2 aromatic heterocycles. The number of nitrogens with zero attached hydrogens (tertiary/aromatic N) is 3. The van der Waals surface area contributed by atoms with Crippen molar-refractivity contribution in [3.8, 4) is 11.4 Å². The zero-order chi connectivity index (χ0) is 13.6.